The number of amides is 1. The van der Waals surface area contributed by atoms with Crippen LogP contribution in [-0.2, 0) is 4.79 Å². The maximum absolute atomic E-state index is 12.0. The number of hydrogen-bond donors (Lipinski definition) is 0. The lowest BCUT2D eigenvalue weighted by Gasteiger charge is -2.37. The number of hydrogen-bond acceptors (Lipinski definition) is 4. The van der Waals surface area contributed by atoms with Gasteiger partial charge in [-0.05, 0) is 30.7 Å². The molecule has 2 unspecified atom stereocenters. The second kappa shape index (κ2) is 8.42. The summed E-state index contributed by atoms with van der Waals surface area (Å²) in [5, 5.41) is 8.72. The fraction of sp³-hybridized carbons (Fsp3) is 0.571. The minimum Gasteiger partial charge on any atom is -0.425 e. The zero-order valence-electron chi connectivity index (χ0n) is 15.5. The minimum absolute atomic E-state index is 0.170. The molecule has 1 aromatic carbocycles. The van der Waals surface area contributed by atoms with Gasteiger partial charge in [-0.25, -0.2) is 0 Å². The predicted octanol–water partition coefficient (Wildman–Crippen LogP) is 4.46. The van der Waals surface area contributed by atoms with Crippen LogP contribution in [0, 0.1) is 0 Å². The molecule has 2 heterocycles. The molecule has 5 nitrogen and oxygen atoms in total. The molecule has 1 saturated carbocycles. The number of alkyl halides is 1. The van der Waals surface area contributed by atoms with E-state index in [1.807, 2.05) is 4.90 Å². The molecule has 0 spiro atoms. The highest BCUT2D eigenvalue weighted by atomic mass is 35.5. The van der Waals surface area contributed by atoms with Gasteiger partial charge in [-0.15, -0.1) is 21.8 Å². The second-order valence-electron chi connectivity index (χ2n) is 7.67. The van der Waals surface area contributed by atoms with Crippen LogP contribution < -0.4 is 0 Å². The van der Waals surface area contributed by atoms with Gasteiger partial charge in [-0.1, -0.05) is 43.2 Å². The summed E-state index contributed by atoms with van der Waals surface area (Å²) in [6.07, 6.45) is 5.96. The van der Waals surface area contributed by atoms with Crippen molar-refractivity contribution < 1.29 is 9.21 Å². The van der Waals surface area contributed by atoms with Crippen LogP contribution in [0.4, 0.5) is 0 Å². The Kier molecular flexibility index (Phi) is 5.77. The first kappa shape index (κ1) is 18.5. The monoisotopic (exact) mass is 387 g/mol. The first-order valence-electron chi connectivity index (χ1n) is 9.98. The molecule has 1 amide bonds. The van der Waals surface area contributed by atoms with Crippen LogP contribution in [0.3, 0.4) is 0 Å². The SMILES string of the molecule is O=C(CCCCl)N1CC(c2nnc(C3CCCCC3c3ccccc3)o2)C1. The van der Waals surface area contributed by atoms with Crippen molar-refractivity contribution in [2.75, 3.05) is 19.0 Å². The minimum atomic E-state index is 0.170. The fourth-order valence-corrected chi connectivity index (χ4v) is 4.44. The quantitative estimate of drug-likeness (QED) is 0.687. The summed E-state index contributed by atoms with van der Waals surface area (Å²) < 4.78 is 6.11. The predicted molar refractivity (Wildman–Crippen MR) is 104 cm³/mol. The summed E-state index contributed by atoms with van der Waals surface area (Å²) in [6, 6.07) is 10.7. The van der Waals surface area contributed by atoms with E-state index in [0.29, 0.717) is 43.1 Å². The number of aromatic nitrogens is 2. The number of likely N-dealkylation sites (tertiary alicyclic amines) is 1. The molecule has 2 atom stereocenters. The number of nitrogens with zero attached hydrogens (tertiary/aromatic N) is 3. The molecule has 0 radical (unpaired) electrons. The van der Waals surface area contributed by atoms with Crippen molar-refractivity contribution in [2.24, 2.45) is 0 Å². The largest absolute Gasteiger partial charge is 0.425 e. The lowest BCUT2D eigenvalue weighted by Crippen LogP contribution is -2.48. The van der Waals surface area contributed by atoms with E-state index in [1.165, 1.54) is 24.8 Å². The van der Waals surface area contributed by atoms with Crippen LogP contribution in [0.25, 0.3) is 0 Å². The van der Waals surface area contributed by atoms with Gasteiger partial charge in [0.05, 0.1) is 5.92 Å². The van der Waals surface area contributed by atoms with Gasteiger partial charge < -0.3 is 9.32 Å². The van der Waals surface area contributed by atoms with E-state index in [2.05, 4.69) is 40.5 Å². The van der Waals surface area contributed by atoms with E-state index >= 15 is 0 Å². The smallest absolute Gasteiger partial charge is 0.223 e. The Labute approximate surface area is 165 Å². The van der Waals surface area contributed by atoms with E-state index in [1.54, 1.807) is 0 Å². The van der Waals surface area contributed by atoms with Gasteiger partial charge in [0.1, 0.15) is 0 Å². The molecular weight excluding hydrogens is 362 g/mol. The first-order chi connectivity index (χ1) is 13.3. The Morgan fingerprint density at radius 3 is 2.52 bits per heavy atom. The normalized spacial score (nSPS) is 23.2. The van der Waals surface area contributed by atoms with E-state index in [-0.39, 0.29) is 11.8 Å². The van der Waals surface area contributed by atoms with Gasteiger partial charge in [-0.3, -0.25) is 4.79 Å². The highest BCUT2D eigenvalue weighted by molar-refractivity contribution is 6.17. The van der Waals surface area contributed by atoms with E-state index < -0.39 is 0 Å². The first-order valence-corrected chi connectivity index (χ1v) is 10.5. The Hall–Kier alpha value is -1.88. The highest BCUT2D eigenvalue weighted by Crippen LogP contribution is 2.44. The van der Waals surface area contributed by atoms with Crippen LogP contribution in [-0.4, -0.2) is 40.0 Å². The third-order valence-corrected chi connectivity index (χ3v) is 6.14. The summed E-state index contributed by atoms with van der Waals surface area (Å²) in [6.45, 7) is 1.35. The molecule has 2 fully saturated rings. The van der Waals surface area contributed by atoms with Crippen molar-refractivity contribution in [3.63, 3.8) is 0 Å². The summed E-state index contributed by atoms with van der Waals surface area (Å²) in [7, 11) is 0. The third-order valence-electron chi connectivity index (χ3n) is 5.87. The van der Waals surface area contributed by atoms with Crippen molar-refractivity contribution in [2.45, 2.75) is 56.3 Å². The molecule has 6 heteroatoms. The summed E-state index contributed by atoms with van der Waals surface area (Å²) in [5.41, 5.74) is 1.36. The molecule has 0 N–H and O–H groups in total. The molecule has 2 aliphatic rings. The molecule has 0 bridgehead atoms. The lowest BCUT2D eigenvalue weighted by molar-refractivity contribution is -0.135. The standard InChI is InChI=1S/C21H26ClN3O2/c22-12-6-11-19(26)25-13-16(14-25)20-23-24-21(27-20)18-10-5-4-9-17(18)15-7-2-1-3-8-15/h1-3,7-8,16-18H,4-6,9-14H2. The molecule has 27 heavy (non-hydrogen) atoms. The maximum Gasteiger partial charge on any atom is 0.223 e. The molecule has 4 rings (SSSR count). The Morgan fingerprint density at radius 2 is 1.78 bits per heavy atom. The Bertz CT molecular complexity index is 758. The number of benzene rings is 1. The van der Waals surface area contributed by atoms with Crippen LogP contribution in [0.2, 0.25) is 0 Å². The third kappa shape index (κ3) is 4.03. The van der Waals surface area contributed by atoms with Crippen molar-refractivity contribution >= 4 is 17.5 Å². The zero-order chi connectivity index (χ0) is 18.6. The molecule has 1 aliphatic heterocycles. The van der Waals surface area contributed by atoms with Gasteiger partial charge in [0.25, 0.3) is 0 Å². The Balaban J connectivity index is 1.41. The highest BCUT2D eigenvalue weighted by Gasteiger charge is 2.37. The lowest BCUT2D eigenvalue weighted by atomic mass is 9.75. The van der Waals surface area contributed by atoms with Gasteiger partial charge in [0.2, 0.25) is 17.7 Å². The topological polar surface area (TPSA) is 59.2 Å². The maximum atomic E-state index is 12.0. The van der Waals surface area contributed by atoms with Gasteiger partial charge in [0, 0.05) is 31.3 Å². The molecule has 2 aromatic rings. The number of rotatable bonds is 6. The summed E-state index contributed by atoms with van der Waals surface area (Å²) in [4.78, 5) is 13.9. The van der Waals surface area contributed by atoms with Crippen molar-refractivity contribution in [1.82, 2.24) is 15.1 Å². The average molecular weight is 388 g/mol. The van der Waals surface area contributed by atoms with Crippen LogP contribution >= 0.6 is 11.6 Å². The molecule has 144 valence electrons. The second-order valence-corrected chi connectivity index (χ2v) is 8.05. The summed E-state index contributed by atoms with van der Waals surface area (Å²) in [5.74, 6) is 3.06. The summed E-state index contributed by atoms with van der Waals surface area (Å²) >= 11 is 5.66. The average Bonchev–Trinajstić information content (AvgIpc) is 3.15. The molecule has 1 saturated heterocycles. The van der Waals surface area contributed by atoms with E-state index in [0.717, 1.165) is 18.7 Å². The Morgan fingerprint density at radius 1 is 1.07 bits per heavy atom. The molecular formula is C21H26ClN3O2. The molecule has 1 aliphatic carbocycles. The fourth-order valence-electron chi connectivity index (χ4n) is 4.30. The van der Waals surface area contributed by atoms with Crippen molar-refractivity contribution in [3.8, 4) is 0 Å². The number of carbonyl (C=O) groups excluding carboxylic acids is 1. The van der Waals surface area contributed by atoms with Gasteiger partial charge in [0.15, 0.2) is 0 Å². The van der Waals surface area contributed by atoms with Crippen LogP contribution in [0.5, 0.6) is 0 Å². The van der Waals surface area contributed by atoms with Crippen molar-refractivity contribution in [1.29, 1.82) is 0 Å². The van der Waals surface area contributed by atoms with E-state index in [4.69, 9.17) is 16.0 Å². The zero-order valence-corrected chi connectivity index (χ0v) is 16.3. The number of carbonyl (C=O) groups is 1. The van der Waals surface area contributed by atoms with E-state index in [9.17, 15) is 4.79 Å². The van der Waals surface area contributed by atoms with Crippen LogP contribution in [0.1, 0.15) is 73.6 Å². The van der Waals surface area contributed by atoms with Gasteiger partial charge >= 0.3 is 0 Å². The van der Waals surface area contributed by atoms with Crippen LogP contribution in [0.15, 0.2) is 34.7 Å². The molecule has 1 aromatic heterocycles. The van der Waals surface area contributed by atoms with Crippen molar-refractivity contribution in [3.05, 3.63) is 47.7 Å². The number of halogens is 1. The van der Waals surface area contributed by atoms with Gasteiger partial charge in [-0.2, -0.15) is 0 Å².